The third-order valence-corrected chi connectivity index (χ3v) is 3.16. The molecule has 0 aliphatic heterocycles. The van der Waals surface area contributed by atoms with Crippen molar-refractivity contribution in [1.29, 1.82) is 0 Å². The van der Waals surface area contributed by atoms with Crippen molar-refractivity contribution in [2.24, 2.45) is 5.92 Å². The molecule has 0 saturated heterocycles. The van der Waals surface area contributed by atoms with Gasteiger partial charge in [-0.3, -0.25) is 4.79 Å². The van der Waals surface area contributed by atoms with Crippen molar-refractivity contribution in [3.8, 4) is 0 Å². The number of unbranched alkanes of at least 4 members (excludes halogenated alkanes) is 7. The van der Waals surface area contributed by atoms with E-state index in [0.717, 1.165) is 12.8 Å². The van der Waals surface area contributed by atoms with Gasteiger partial charge in [-0.1, -0.05) is 64.4 Å². The number of esters is 1. The molecule has 1 atom stereocenters. The van der Waals surface area contributed by atoms with Crippen LogP contribution in [0.2, 0.25) is 0 Å². The van der Waals surface area contributed by atoms with E-state index < -0.39 is 0 Å². The second-order valence-corrected chi connectivity index (χ2v) is 4.63. The van der Waals surface area contributed by atoms with Crippen LogP contribution in [0.25, 0.3) is 0 Å². The summed E-state index contributed by atoms with van der Waals surface area (Å²) in [5, 5.41) is 0. The van der Waals surface area contributed by atoms with E-state index in [4.69, 9.17) is 4.74 Å². The van der Waals surface area contributed by atoms with E-state index in [-0.39, 0.29) is 11.9 Å². The van der Waals surface area contributed by atoms with E-state index in [1.165, 1.54) is 52.1 Å². The molecule has 0 spiro atoms. The van der Waals surface area contributed by atoms with E-state index in [1.54, 1.807) is 6.08 Å². The van der Waals surface area contributed by atoms with Crippen LogP contribution in [0.3, 0.4) is 0 Å². The highest BCUT2D eigenvalue weighted by molar-refractivity contribution is 5.74. The Morgan fingerprint density at radius 1 is 1.12 bits per heavy atom. The van der Waals surface area contributed by atoms with Crippen LogP contribution in [0.4, 0.5) is 0 Å². The number of carbonyl (C=O) groups excluding carboxylic acids is 1. The molecule has 0 fully saturated rings. The van der Waals surface area contributed by atoms with Crippen LogP contribution in [0, 0.1) is 5.92 Å². The molecule has 0 aliphatic carbocycles. The molecule has 2 nitrogen and oxygen atoms in total. The largest absolute Gasteiger partial charge is 0.469 e. The maximum absolute atomic E-state index is 11.3. The minimum atomic E-state index is -0.150. The molecule has 0 rings (SSSR count). The van der Waals surface area contributed by atoms with Gasteiger partial charge in [-0.05, 0) is 6.42 Å². The zero-order valence-electron chi connectivity index (χ0n) is 11.5. The molecule has 0 amide bonds. The van der Waals surface area contributed by atoms with Crippen molar-refractivity contribution in [3.63, 3.8) is 0 Å². The molecule has 0 aromatic carbocycles. The van der Waals surface area contributed by atoms with E-state index in [9.17, 15) is 4.79 Å². The Balaban J connectivity index is 3.37. The predicted molar refractivity (Wildman–Crippen MR) is 72.9 cm³/mol. The first-order valence-electron chi connectivity index (χ1n) is 6.96. The normalized spacial score (nSPS) is 12.1. The summed E-state index contributed by atoms with van der Waals surface area (Å²) in [6, 6.07) is 0. The lowest BCUT2D eigenvalue weighted by molar-refractivity contribution is -0.143. The van der Waals surface area contributed by atoms with E-state index in [0.29, 0.717) is 0 Å². The van der Waals surface area contributed by atoms with Gasteiger partial charge in [0.15, 0.2) is 0 Å². The van der Waals surface area contributed by atoms with Gasteiger partial charge in [-0.25, -0.2) is 0 Å². The van der Waals surface area contributed by atoms with E-state index >= 15 is 0 Å². The molecule has 0 aromatic rings. The lowest BCUT2D eigenvalue weighted by Crippen LogP contribution is -2.13. The average Bonchev–Trinajstić information content (AvgIpc) is 2.36. The first kappa shape index (κ1) is 16.2. The van der Waals surface area contributed by atoms with Gasteiger partial charge in [0, 0.05) is 0 Å². The van der Waals surface area contributed by atoms with Crippen LogP contribution in [-0.2, 0) is 9.53 Å². The molecule has 0 aliphatic rings. The van der Waals surface area contributed by atoms with Gasteiger partial charge >= 0.3 is 5.97 Å². The number of hydrogen-bond acceptors (Lipinski definition) is 2. The highest BCUT2D eigenvalue weighted by Gasteiger charge is 2.13. The summed E-state index contributed by atoms with van der Waals surface area (Å²) >= 11 is 0. The Morgan fingerprint density at radius 2 is 1.65 bits per heavy atom. The summed E-state index contributed by atoms with van der Waals surface area (Å²) < 4.78 is 4.72. The second-order valence-electron chi connectivity index (χ2n) is 4.63. The number of hydrogen-bond donors (Lipinski definition) is 0. The molecule has 0 aromatic heterocycles. The van der Waals surface area contributed by atoms with Crippen LogP contribution in [-0.4, -0.2) is 13.1 Å². The molecular formula is C15H28O2. The molecule has 17 heavy (non-hydrogen) atoms. The fourth-order valence-electron chi connectivity index (χ4n) is 1.98. The molecule has 0 bridgehead atoms. The number of rotatable bonds is 11. The lowest BCUT2D eigenvalue weighted by Gasteiger charge is -2.09. The summed E-state index contributed by atoms with van der Waals surface area (Å²) in [6.07, 6.45) is 12.9. The van der Waals surface area contributed by atoms with E-state index in [1.807, 2.05) is 0 Å². The van der Waals surface area contributed by atoms with Crippen LogP contribution in [0.15, 0.2) is 12.7 Å². The summed E-state index contributed by atoms with van der Waals surface area (Å²) in [5.74, 6) is -0.261. The SMILES string of the molecule is C=CC(CCCCCCCCCC)C(=O)OC. The average molecular weight is 240 g/mol. The van der Waals surface area contributed by atoms with Gasteiger partial charge in [-0.15, -0.1) is 6.58 Å². The van der Waals surface area contributed by atoms with Crippen molar-refractivity contribution in [2.75, 3.05) is 7.11 Å². The lowest BCUT2D eigenvalue weighted by atomic mass is 10.00. The molecule has 1 unspecified atom stereocenters. The minimum absolute atomic E-state index is 0.111. The van der Waals surface area contributed by atoms with Crippen molar-refractivity contribution in [3.05, 3.63) is 12.7 Å². The second kappa shape index (κ2) is 11.7. The third kappa shape index (κ3) is 8.96. The Kier molecular flexibility index (Phi) is 11.1. The quantitative estimate of drug-likeness (QED) is 0.302. The van der Waals surface area contributed by atoms with Gasteiger partial charge in [0.2, 0.25) is 0 Å². The number of ether oxygens (including phenoxy) is 1. The predicted octanol–water partition coefficient (Wildman–Crippen LogP) is 4.49. The topological polar surface area (TPSA) is 26.3 Å². The van der Waals surface area contributed by atoms with Gasteiger partial charge in [-0.2, -0.15) is 0 Å². The van der Waals surface area contributed by atoms with Crippen molar-refractivity contribution < 1.29 is 9.53 Å². The van der Waals surface area contributed by atoms with Crippen LogP contribution in [0.1, 0.15) is 64.7 Å². The molecule has 0 saturated carbocycles. The van der Waals surface area contributed by atoms with Crippen molar-refractivity contribution in [2.45, 2.75) is 64.7 Å². The highest BCUT2D eigenvalue weighted by atomic mass is 16.5. The smallest absolute Gasteiger partial charge is 0.312 e. The Hall–Kier alpha value is -0.790. The van der Waals surface area contributed by atoms with Gasteiger partial charge < -0.3 is 4.74 Å². The monoisotopic (exact) mass is 240 g/mol. The van der Waals surface area contributed by atoms with Gasteiger partial charge in [0.25, 0.3) is 0 Å². The summed E-state index contributed by atoms with van der Waals surface area (Å²) in [6.45, 7) is 5.92. The molecule has 0 radical (unpaired) electrons. The number of methoxy groups -OCH3 is 1. The van der Waals surface area contributed by atoms with Crippen molar-refractivity contribution in [1.82, 2.24) is 0 Å². The minimum Gasteiger partial charge on any atom is -0.469 e. The molecule has 100 valence electrons. The first-order valence-corrected chi connectivity index (χ1v) is 6.96. The summed E-state index contributed by atoms with van der Waals surface area (Å²) in [4.78, 5) is 11.3. The zero-order valence-corrected chi connectivity index (χ0v) is 11.5. The third-order valence-electron chi connectivity index (χ3n) is 3.16. The highest BCUT2D eigenvalue weighted by Crippen LogP contribution is 2.14. The Bertz CT molecular complexity index is 199. The Labute approximate surface area is 106 Å². The molecule has 0 heterocycles. The number of carbonyl (C=O) groups is 1. The first-order chi connectivity index (χ1) is 8.26. The molecule has 2 heteroatoms. The zero-order chi connectivity index (χ0) is 12.9. The molecule has 0 N–H and O–H groups in total. The van der Waals surface area contributed by atoms with Crippen molar-refractivity contribution >= 4 is 5.97 Å². The van der Waals surface area contributed by atoms with Crippen LogP contribution >= 0.6 is 0 Å². The standard InChI is InChI=1S/C15H28O2/c1-4-6-7-8-9-10-11-12-13-14(5-2)15(16)17-3/h5,14H,2,4,6-13H2,1,3H3. The maximum Gasteiger partial charge on any atom is 0.312 e. The fraction of sp³-hybridized carbons (Fsp3) is 0.800. The van der Waals surface area contributed by atoms with Gasteiger partial charge in [0.05, 0.1) is 13.0 Å². The van der Waals surface area contributed by atoms with E-state index in [2.05, 4.69) is 13.5 Å². The molecular weight excluding hydrogens is 212 g/mol. The fourth-order valence-corrected chi connectivity index (χ4v) is 1.98. The summed E-state index contributed by atoms with van der Waals surface area (Å²) in [5.41, 5.74) is 0. The maximum atomic E-state index is 11.3. The Morgan fingerprint density at radius 3 is 2.12 bits per heavy atom. The summed E-state index contributed by atoms with van der Waals surface area (Å²) in [7, 11) is 1.44. The van der Waals surface area contributed by atoms with Crippen LogP contribution < -0.4 is 0 Å². The van der Waals surface area contributed by atoms with Gasteiger partial charge in [0.1, 0.15) is 0 Å². The van der Waals surface area contributed by atoms with Crippen LogP contribution in [0.5, 0.6) is 0 Å².